The van der Waals surface area contributed by atoms with Crippen LogP contribution in [0.2, 0.25) is 0 Å². The largest absolute Gasteiger partial charge is 0.313 e. The average Bonchev–Trinajstić information content (AvgIpc) is 2.46. The van der Waals surface area contributed by atoms with Crippen LogP contribution in [0.25, 0.3) is 0 Å². The average molecular weight is 291 g/mol. The van der Waals surface area contributed by atoms with E-state index in [-0.39, 0.29) is 4.90 Å². The van der Waals surface area contributed by atoms with Crippen molar-refractivity contribution in [2.24, 2.45) is 0 Å². The van der Waals surface area contributed by atoms with Gasteiger partial charge in [-0.3, -0.25) is 4.72 Å². The van der Waals surface area contributed by atoms with Gasteiger partial charge in [0.1, 0.15) is 5.82 Å². The van der Waals surface area contributed by atoms with Crippen molar-refractivity contribution in [2.75, 3.05) is 11.3 Å². The molecule has 2 aromatic rings. The lowest BCUT2D eigenvalue weighted by molar-refractivity contribution is 0.601. The number of sulfonamides is 1. The van der Waals surface area contributed by atoms with E-state index in [4.69, 9.17) is 0 Å². The Labute approximate surface area is 119 Å². The number of benzene rings is 1. The van der Waals surface area contributed by atoms with Gasteiger partial charge < -0.3 is 5.32 Å². The summed E-state index contributed by atoms with van der Waals surface area (Å²) < 4.78 is 26.8. The molecule has 0 aliphatic heterocycles. The third kappa shape index (κ3) is 3.79. The second kappa shape index (κ2) is 6.49. The Morgan fingerprint density at radius 2 is 1.85 bits per heavy atom. The summed E-state index contributed by atoms with van der Waals surface area (Å²) in [4.78, 5) is 4.17. The highest BCUT2D eigenvalue weighted by molar-refractivity contribution is 7.92. The van der Waals surface area contributed by atoms with E-state index in [1.807, 2.05) is 6.92 Å². The molecule has 2 N–H and O–H groups in total. The molecule has 0 saturated carbocycles. The van der Waals surface area contributed by atoms with Crippen molar-refractivity contribution >= 4 is 15.8 Å². The lowest BCUT2D eigenvalue weighted by atomic mass is 10.2. The SMILES string of the molecule is CCNCc1ccc(S(=O)(=O)Nc2ccccn2)cc1. The molecule has 20 heavy (non-hydrogen) atoms. The maximum atomic E-state index is 12.2. The minimum absolute atomic E-state index is 0.225. The van der Waals surface area contributed by atoms with E-state index in [9.17, 15) is 8.42 Å². The van der Waals surface area contributed by atoms with Gasteiger partial charge in [0.2, 0.25) is 0 Å². The lowest BCUT2D eigenvalue weighted by Crippen LogP contribution is -2.14. The molecule has 106 valence electrons. The molecular weight excluding hydrogens is 274 g/mol. The van der Waals surface area contributed by atoms with Crippen LogP contribution in [-0.4, -0.2) is 19.9 Å². The topological polar surface area (TPSA) is 71.1 Å². The molecule has 0 aliphatic rings. The summed E-state index contributed by atoms with van der Waals surface area (Å²) in [5.74, 6) is 0.309. The van der Waals surface area contributed by atoms with E-state index in [2.05, 4.69) is 15.0 Å². The number of hydrogen-bond donors (Lipinski definition) is 2. The van der Waals surface area contributed by atoms with E-state index in [0.717, 1.165) is 18.7 Å². The molecule has 2 rings (SSSR count). The minimum atomic E-state index is -3.58. The number of hydrogen-bond acceptors (Lipinski definition) is 4. The van der Waals surface area contributed by atoms with Crippen LogP contribution in [0.1, 0.15) is 12.5 Å². The Bertz CT molecular complexity index is 640. The second-order valence-electron chi connectivity index (χ2n) is 4.24. The number of nitrogens with zero attached hydrogens (tertiary/aromatic N) is 1. The smallest absolute Gasteiger partial charge is 0.263 e. The first-order valence-corrected chi connectivity index (χ1v) is 7.83. The molecular formula is C14H17N3O2S. The monoisotopic (exact) mass is 291 g/mol. The van der Waals surface area contributed by atoms with Crippen LogP contribution in [0.3, 0.4) is 0 Å². The Kier molecular flexibility index (Phi) is 4.70. The predicted octanol–water partition coefficient (Wildman–Crippen LogP) is 1.99. The zero-order chi connectivity index (χ0) is 14.4. The number of nitrogens with one attached hydrogen (secondary N) is 2. The van der Waals surface area contributed by atoms with Crippen LogP contribution >= 0.6 is 0 Å². The van der Waals surface area contributed by atoms with Crippen molar-refractivity contribution < 1.29 is 8.42 Å². The molecule has 0 saturated heterocycles. The fourth-order valence-electron chi connectivity index (χ4n) is 1.68. The molecule has 1 heterocycles. The van der Waals surface area contributed by atoms with Crippen molar-refractivity contribution in [1.29, 1.82) is 0 Å². The van der Waals surface area contributed by atoms with E-state index < -0.39 is 10.0 Å². The van der Waals surface area contributed by atoms with Gasteiger partial charge in [-0.15, -0.1) is 0 Å². The highest BCUT2D eigenvalue weighted by Crippen LogP contribution is 2.14. The number of rotatable bonds is 6. The van der Waals surface area contributed by atoms with Crippen molar-refractivity contribution in [3.63, 3.8) is 0 Å². The highest BCUT2D eigenvalue weighted by Gasteiger charge is 2.14. The molecule has 1 aromatic carbocycles. The van der Waals surface area contributed by atoms with Crippen LogP contribution in [0.5, 0.6) is 0 Å². The molecule has 0 radical (unpaired) electrons. The first-order chi connectivity index (χ1) is 9.62. The van der Waals surface area contributed by atoms with Crippen molar-refractivity contribution in [3.8, 4) is 0 Å². The van der Waals surface area contributed by atoms with Crippen LogP contribution in [0, 0.1) is 0 Å². The molecule has 0 spiro atoms. The summed E-state index contributed by atoms with van der Waals surface area (Å²) in [7, 11) is -3.58. The predicted molar refractivity (Wildman–Crippen MR) is 78.9 cm³/mol. The zero-order valence-electron chi connectivity index (χ0n) is 11.2. The Morgan fingerprint density at radius 3 is 2.45 bits per heavy atom. The number of aromatic nitrogens is 1. The number of anilines is 1. The molecule has 0 fully saturated rings. The molecule has 0 unspecified atom stereocenters. The van der Waals surface area contributed by atoms with Crippen molar-refractivity contribution in [1.82, 2.24) is 10.3 Å². The lowest BCUT2D eigenvalue weighted by Gasteiger charge is -2.08. The second-order valence-corrected chi connectivity index (χ2v) is 5.93. The third-order valence-electron chi connectivity index (χ3n) is 2.72. The van der Waals surface area contributed by atoms with E-state index in [1.165, 1.54) is 6.20 Å². The zero-order valence-corrected chi connectivity index (χ0v) is 12.0. The summed E-state index contributed by atoms with van der Waals surface area (Å²) in [5.41, 5.74) is 1.05. The maximum Gasteiger partial charge on any atom is 0.263 e. The van der Waals surface area contributed by atoms with E-state index >= 15 is 0 Å². The van der Waals surface area contributed by atoms with Gasteiger partial charge >= 0.3 is 0 Å². The quantitative estimate of drug-likeness (QED) is 0.854. The number of pyridine rings is 1. The summed E-state index contributed by atoms with van der Waals surface area (Å²) in [5, 5.41) is 3.19. The molecule has 5 nitrogen and oxygen atoms in total. The van der Waals surface area contributed by atoms with Gasteiger partial charge in [0.05, 0.1) is 4.90 Å². The van der Waals surface area contributed by atoms with Gasteiger partial charge in [-0.2, -0.15) is 0 Å². The molecule has 6 heteroatoms. The normalized spacial score (nSPS) is 11.2. The van der Waals surface area contributed by atoms with Gasteiger partial charge in [0.15, 0.2) is 0 Å². The standard InChI is InChI=1S/C14H17N3O2S/c1-2-15-11-12-6-8-13(9-7-12)20(18,19)17-14-5-3-4-10-16-14/h3-10,15H,2,11H2,1H3,(H,16,17). The Morgan fingerprint density at radius 1 is 1.10 bits per heavy atom. The van der Waals surface area contributed by atoms with Gasteiger partial charge in [0, 0.05) is 12.7 Å². The first-order valence-electron chi connectivity index (χ1n) is 6.35. The van der Waals surface area contributed by atoms with Crippen LogP contribution in [-0.2, 0) is 16.6 Å². The highest BCUT2D eigenvalue weighted by atomic mass is 32.2. The minimum Gasteiger partial charge on any atom is -0.313 e. The molecule has 0 atom stereocenters. The fourth-order valence-corrected chi connectivity index (χ4v) is 2.68. The Hall–Kier alpha value is -1.92. The van der Waals surface area contributed by atoms with Gasteiger partial charge in [0.25, 0.3) is 10.0 Å². The van der Waals surface area contributed by atoms with Crippen LogP contribution < -0.4 is 10.0 Å². The molecule has 1 aromatic heterocycles. The summed E-state index contributed by atoms with van der Waals surface area (Å²) in [6, 6.07) is 11.9. The summed E-state index contributed by atoms with van der Waals surface area (Å²) in [6.07, 6.45) is 1.54. The van der Waals surface area contributed by atoms with E-state index in [1.54, 1.807) is 42.5 Å². The molecule has 0 amide bonds. The van der Waals surface area contributed by atoms with Crippen LogP contribution in [0.15, 0.2) is 53.6 Å². The third-order valence-corrected chi connectivity index (χ3v) is 4.09. The van der Waals surface area contributed by atoms with Gasteiger partial charge in [-0.05, 0) is 36.4 Å². The molecule has 0 aliphatic carbocycles. The fraction of sp³-hybridized carbons (Fsp3) is 0.214. The van der Waals surface area contributed by atoms with Crippen molar-refractivity contribution in [3.05, 3.63) is 54.2 Å². The molecule has 0 bridgehead atoms. The summed E-state index contributed by atoms with van der Waals surface area (Å²) >= 11 is 0. The van der Waals surface area contributed by atoms with Crippen molar-refractivity contribution in [2.45, 2.75) is 18.4 Å². The first kappa shape index (κ1) is 14.5. The Balaban J connectivity index is 2.13. The summed E-state index contributed by atoms with van der Waals surface area (Å²) in [6.45, 7) is 3.63. The van der Waals surface area contributed by atoms with Gasteiger partial charge in [-0.25, -0.2) is 13.4 Å². The van der Waals surface area contributed by atoms with Gasteiger partial charge in [-0.1, -0.05) is 25.1 Å². The maximum absolute atomic E-state index is 12.2. The van der Waals surface area contributed by atoms with E-state index in [0.29, 0.717) is 5.82 Å². The van der Waals surface area contributed by atoms with Crippen LogP contribution in [0.4, 0.5) is 5.82 Å².